The number of halogens is 1. The van der Waals surface area contributed by atoms with Crippen molar-refractivity contribution in [2.24, 2.45) is 7.05 Å². The smallest absolute Gasteiger partial charge is 0.234 e. The summed E-state index contributed by atoms with van der Waals surface area (Å²) in [7, 11) is 3.45. The molecule has 1 aromatic heterocycles. The number of thioether (sulfide) groups is 1. The van der Waals surface area contributed by atoms with Gasteiger partial charge in [-0.15, -0.1) is 10.2 Å². The molecule has 9 heteroatoms. The summed E-state index contributed by atoms with van der Waals surface area (Å²) in [6.07, 6.45) is 0. The molecule has 30 heavy (non-hydrogen) atoms. The van der Waals surface area contributed by atoms with Crippen LogP contribution in [0, 0.1) is 13.8 Å². The second kappa shape index (κ2) is 9.86. The van der Waals surface area contributed by atoms with E-state index in [-0.39, 0.29) is 18.3 Å². The summed E-state index contributed by atoms with van der Waals surface area (Å²) in [5.41, 5.74) is 2.73. The van der Waals surface area contributed by atoms with E-state index in [1.54, 1.807) is 19.2 Å². The number of amides is 1. The number of carbonyl (C=O) groups is 1. The number of carbonyl (C=O) groups excluding carboxylic acids is 1. The third-order valence-electron chi connectivity index (χ3n) is 4.40. The number of ether oxygens (including phenoxy) is 2. The Kier molecular flexibility index (Phi) is 7.23. The van der Waals surface area contributed by atoms with E-state index in [0.29, 0.717) is 27.5 Å². The first-order valence-corrected chi connectivity index (χ1v) is 10.6. The van der Waals surface area contributed by atoms with Crippen molar-refractivity contribution in [3.63, 3.8) is 0 Å². The molecule has 0 spiro atoms. The maximum Gasteiger partial charge on any atom is 0.234 e. The molecule has 0 radical (unpaired) electrons. The quantitative estimate of drug-likeness (QED) is 0.516. The summed E-state index contributed by atoms with van der Waals surface area (Å²) in [6.45, 7) is 4.12. The van der Waals surface area contributed by atoms with Crippen LogP contribution in [0.1, 0.15) is 17.0 Å². The third kappa shape index (κ3) is 5.46. The van der Waals surface area contributed by atoms with Crippen molar-refractivity contribution in [1.82, 2.24) is 14.8 Å². The van der Waals surface area contributed by atoms with Gasteiger partial charge in [-0.25, -0.2) is 0 Å². The van der Waals surface area contributed by atoms with Gasteiger partial charge in [0.15, 0.2) is 22.5 Å². The van der Waals surface area contributed by atoms with Gasteiger partial charge < -0.3 is 19.4 Å². The molecule has 0 saturated carbocycles. The molecule has 0 saturated heterocycles. The summed E-state index contributed by atoms with van der Waals surface area (Å²) in [5, 5.41) is 12.5. The van der Waals surface area contributed by atoms with Crippen LogP contribution >= 0.6 is 23.4 Å². The number of benzene rings is 2. The Morgan fingerprint density at radius 2 is 1.97 bits per heavy atom. The van der Waals surface area contributed by atoms with Gasteiger partial charge in [-0.05, 0) is 55.3 Å². The molecule has 0 bridgehead atoms. The Balaban J connectivity index is 1.57. The fourth-order valence-electron chi connectivity index (χ4n) is 2.72. The summed E-state index contributed by atoms with van der Waals surface area (Å²) in [4.78, 5) is 12.3. The molecule has 1 N–H and O–H groups in total. The highest BCUT2D eigenvalue weighted by Gasteiger charge is 2.14. The minimum atomic E-state index is -0.129. The predicted molar refractivity (Wildman–Crippen MR) is 119 cm³/mol. The monoisotopic (exact) mass is 446 g/mol. The number of rotatable bonds is 8. The number of nitrogens with one attached hydrogen (secondary N) is 1. The lowest BCUT2D eigenvalue weighted by molar-refractivity contribution is -0.113. The number of aromatic nitrogens is 3. The van der Waals surface area contributed by atoms with Crippen molar-refractivity contribution >= 4 is 35.0 Å². The molecule has 158 valence electrons. The van der Waals surface area contributed by atoms with Gasteiger partial charge in [-0.3, -0.25) is 4.79 Å². The van der Waals surface area contributed by atoms with E-state index in [1.165, 1.54) is 11.8 Å². The van der Waals surface area contributed by atoms with Crippen LogP contribution in [0.5, 0.6) is 11.5 Å². The van der Waals surface area contributed by atoms with Crippen LogP contribution in [0.3, 0.4) is 0 Å². The third-order valence-corrected chi connectivity index (χ3v) is 5.65. The van der Waals surface area contributed by atoms with Crippen molar-refractivity contribution in [3.8, 4) is 11.5 Å². The second-order valence-corrected chi connectivity index (χ2v) is 8.08. The van der Waals surface area contributed by atoms with Crippen molar-refractivity contribution < 1.29 is 14.3 Å². The molecule has 2 aromatic carbocycles. The fourth-order valence-corrected chi connectivity index (χ4v) is 3.67. The topological polar surface area (TPSA) is 78.3 Å². The molecule has 0 fully saturated rings. The zero-order chi connectivity index (χ0) is 21.7. The standard InChI is InChI=1S/C21H23ClN4O3S/c1-13-5-8-17(18(9-13)28-4)29-11-19-24-25-21(26(19)3)30-12-20(27)23-16-7-6-15(22)10-14(16)2/h5-10H,11-12H2,1-4H3,(H,23,27). The molecule has 0 aliphatic rings. The Morgan fingerprint density at radius 1 is 1.17 bits per heavy atom. The molecular formula is C21H23ClN4O3S. The van der Waals surface area contributed by atoms with E-state index in [9.17, 15) is 4.79 Å². The fraction of sp³-hybridized carbons (Fsp3) is 0.286. The SMILES string of the molecule is COc1cc(C)ccc1OCc1nnc(SCC(=O)Nc2ccc(Cl)cc2C)n1C. The van der Waals surface area contributed by atoms with E-state index in [4.69, 9.17) is 21.1 Å². The largest absolute Gasteiger partial charge is 0.493 e. The van der Waals surface area contributed by atoms with E-state index >= 15 is 0 Å². The van der Waals surface area contributed by atoms with E-state index in [0.717, 1.165) is 16.8 Å². The molecule has 3 aromatic rings. The van der Waals surface area contributed by atoms with Crippen molar-refractivity contribution in [2.45, 2.75) is 25.6 Å². The Hall–Kier alpha value is -2.71. The highest BCUT2D eigenvalue weighted by Crippen LogP contribution is 2.28. The first-order chi connectivity index (χ1) is 14.4. The maximum atomic E-state index is 12.3. The molecule has 3 rings (SSSR count). The van der Waals surface area contributed by atoms with Crippen molar-refractivity contribution in [1.29, 1.82) is 0 Å². The first-order valence-electron chi connectivity index (χ1n) is 9.22. The molecular weight excluding hydrogens is 424 g/mol. The average Bonchev–Trinajstić information content (AvgIpc) is 3.07. The number of anilines is 1. The van der Waals surface area contributed by atoms with Gasteiger partial charge in [0.05, 0.1) is 12.9 Å². The Labute approximate surface area is 184 Å². The van der Waals surface area contributed by atoms with Crippen molar-refractivity contribution in [3.05, 3.63) is 58.4 Å². The lowest BCUT2D eigenvalue weighted by Gasteiger charge is -2.11. The van der Waals surface area contributed by atoms with Crippen molar-refractivity contribution in [2.75, 3.05) is 18.2 Å². The molecule has 1 amide bonds. The second-order valence-electron chi connectivity index (χ2n) is 6.70. The summed E-state index contributed by atoms with van der Waals surface area (Å²) >= 11 is 7.26. The van der Waals surface area contributed by atoms with Crippen LogP contribution in [0.25, 0.3) is 0 Å². The minimum Gasteiger partial charge on any atom is -0.493 e. The Bertz CT molecular complexity index is 1050. The van der Waals surface area contributed by atoms with Gasteiger partial charge in [0.25, 0.3) is 0 Å². The molecule has 0 aliphatic heterocycles. The van der Waals surface area contributed by atoms with E-state index in [1.807, 2.05) is 49.7 Å². The normalized spacial score (nSPS) is 10.7. The van der Waals surface area contributed by atoms with Crippen LogP contribution in [0.4, 0.5) is 5.69 Å². The molecule has 0 atom stereocenters. The maximum absolute atomic E-state index is 12.3. The number of hydrogen-bond donors (Lipinski definition) is 1. The van der Waals surface area contributed by atoms with Gasteiger partial charge in [0.1, 0.15) is 6.61 Å². The van der Waals surface area contributed by atoms with Gasteiger partial charge in [0.2, 0.25) is 5.91 Å². The highest BCUT2D eigenvalue weighted by molar-refractivity contribution is 7.99. The zero-order valence-electron chi connectivity index (χ0n) is 17.2. The number of nitrogens with zero attached hydrogens (tertiary/aromatic N) is 3. The highest BCUT2D eigenvalue weighted by atomic mass is 35.5. The van der Waals surface area contributed by atoms with Crippen LogP contribution in [-0.2, 0) is 18.4 Å². The predicted octanol–water partition coefficient (Wildman–Crippen LogP) is 4.40. The van der Waals surface area contributed by atoms with Crippen LogP contribution < -0.4 is 14.8 Å². The number of aryl methyl sites for hydroxylation is 2. The summed E-state index contributed by atoms with van der Waals surface area (Å²) in [6, 6.07) is 11.1. The van der Waals surface area contributed by atoms with Gasteiger partial charge in [0, 0.05) is 17.8 Å². The number of methoxy groups -OCH3 is 1. The lowest BCUT2D eigenvalue weighted by atomic mass is 10.2. The number of hydrogen-bond acceptors (Lipinski definition) is 6. The van der Waals surface area contributed by atoms with Gasteiger partial charge >= 0.3 is 0 Å². The minimum absolute atomic E-state index is 0.129. The average molecular weight is 447 g/mol. The lowest BCUT2D eigenvalue weighted by Crippen LogP contribution is -2.15. The molecule has 0 aliphatic carbocycles. The van der Waals surface area contributed by atoms with E-state index in [2.05, 4.69) is 15.5 Å². The van der Waals surface area contributed by atoms with Crippen LogP contribution in [-0.4, -0.2) is 33.5 Å². The molecule has 0 unspecified atom stereocenters. The summed E-state index contributed by atoms with van der Waals surface area (Å²) < 4.78 is 13.0. The van der Waals surface area contributed by atoms with Crippen LogP contribution in [0.15, 0.2) is 41.6 Å². The molecule has 7 nitrogen and oxygen atoms in total. The van der Waals surface area contributed by atoms with Gasteiger partial charge in [-0.1, -0.05) is 29.4 Å². The van der Waals surface area contributed by atoms with Gasteiger partial charge in [-0.2, -0.15) is 0 Å². The Morgan fingerprint density at radius 3 is 2.70 bits per heavy atom. The van der Waals surface area contributed by atoms with Crippen LogP contribution in [0.2, 0.25) is 5.02 Å². The zero-order valence-corrected chi connectivity index (χ0v) is 18.8. The van der Waals surface area contributed by atoms with E-state index < -0.39 is 0 Å². The summed E-state index contributed by atoms with van der Waals surface area (Å²) in [5.74, 6) is 2.03. The molecule has 1 heterocycles. The first kappa shape index (κ1) is 22.0.